The number of rotatable bonds is 5. The van der Waals surface area contributed by atoms with E-state index in [2.05, 4.69) is 4.99 Å². The minimum atomic E-state index is -0.794. The summed E-state index contributed by atoms with van der Waals surface area (Å²) < 4.78 is 21.5. The normalized spacial score (nSPS) is 18.9. The molecule has 1 aliphatic rings. The Morgan fingerprint density at radius 1 is 1.04 bits per heavy atom. The van der Waals surface area contributed by atoms with Crippen molar-refractivity contribution in [2.75, 3.05) is 21.3 Å². The maximum Gasteiger partial charge on any atom is 0.335 e. The molecule has 0 radical (unpaired) electrons. The second-order valence-electron chi connectivity index (χ2n) is 5.42. The second kappa shape index (κ2) is 7.25. The predicted molar refractivity (Wildman–Crippen MR) is 92.2 cm³/mol. The van der Waals surface area contributed by atoms with Crippen molar-refractivity contribution >= 4 is 11.9 Å². The predicted octanol–water partition coefficient (Wildman–Crippen LogP) is 2.76. The van der Waals surface area contributed by atoms with Crippen molar-refractivity contribution in [1.29, 1.82) is 0 Å². The highest BCUT2D eigenvalue weighted by molar-refractivity contribution is 6.00. The van der Waals surface area contributed by atoms with Crippen LogP contribution in [-0.4, -0.2) is 39.2 Å². The molecule has 0 aromatic heterocycles. The van der Waals surface area contributed by atoms with Crippen molar-refractivity contribution in [3.05, 3.63) is 59.7 Å². The molecule has 1 heterocycles. The molecule has 0 fully saturated rings. The molecule has 0 aliphatic carbocycles. The van der Waals surface area contributed by atoms with Crippen molar-refractivity contribution in [2.45, 2.75) is 12.1 Å². The summed E-state index contributed by atoms with van der Waals surface area (Å²) >= 11 is 0. The average molecular weight is 341 g/mol. The Labute approximate surface area is 146 Å². The van der Waals surface area contributed by atoms with Crippen LogP contribution in [0.4, 0.5) is 0 Å². The van der Waals surface area contributed by atoms with E-state index in [-0.39, 0.29) is 0 Å². The third-order valence-electron chi connectivity index (χ3n) is 3.98. The summed E-state index contributed by atoms with van der Waals surface area (Å²) in [5, 5.41) is 0. The molecule has 6 heteroatoms. The van der Waals surface area contributed by atoms with Gasteiger partial charge in [0, 0.05) is 0 Å². The molecule has 1 aliphatic heterocycles. The number of nitrogens with zero attached hydrogens (tertiary/aromatic N) is 1. The monoisotopic (exact) mass is 341 g/mol. The van der Waals surface area contributed by atoms with Gasteiger partial charge in [-0.2, -0.15) is 0 Å². The van der Waals surface area contributed by atoms with Crippen molar-refractivity contribution in [3.63, 3.8) is 0 Å². The standard InChI is InChI=1S/C19H19NO5/c1-22-13-8-6-7-12(11-13)17-16(19(21)24-3)20-18(25-17)14-9-4-5-10-15(14)23-2/h4-11,16-17H,1-3H3/t16-,17+/m1/s1. The van der Waals surface area contributed by atoms with Gasteiger partial charge in [0.05, 0.1) is 26.9 Å². The molecule has 0 N–H and O–H groups in total. The van der Waals surface area contributed by atoms with E-state index in [0.717, 1.165) is 5.56 Å². The number of esters is 1. The summed E-state index contributed by atoms with van der Waals surface area (Å²) in [6.45, 7) is 0. The van der Waals surface area contributed by atoms with Crippen LogP contribution in [0.1, 0.15) is 17.2 Å². The van der Waals surface area contributed by atoms with E-state index in [4.69, 9.17) is 18.9 Å². The molecule has 3 rings (SSSR count). The first-order chi connectivity index (χ1) is 12.2. The van der Waals surface area contributed by atoms with Gasteiger partial charge in [0.1, 0.15) is 11.5 Å². The molecule has 130 valence electrons. The van der Waals surface area contributed by atoms with Crippen molar-refractivity contribution in [3.8, 4) is 11.5 Å². The molecule has 0 unspecified atom stereocenters. The van der Waals surface area contributed by atoms with Crippen LogP contribution in [0, 0.1) is 0 Å². The lowest BCUT2D eigenvalue weighted by molar-refractivity contribution is -0.143. The lowest BCUT2D eigenvalue weighted by Gasteiger charge is -2.17. The topological polar surface area (TPSA) is 66.4 Å². The van der Waals surface area contributed by atoms with Gasteiger partial charge in [-0.15, -0.1) is 0 Å². The van der Waals surface area contributed by atoms with E-state index in [0.29, 0.717) is 23.0 Å². The van der Waals surface area contributed by atoms with Crippen LogP contribution in [0.2, 0.25) is 0 Å². The van der Waals surface area contributed by atoms with Crippen LogP contribution >= 0.6 is 0 Å². The molecular weight excluding hydrogens is 322 g/mol. The molecule has 2 aromatic carbocycles. The Hall–Kier alpha value is -3.02. The van der Waals surface area contributed by atoms with Gasteiger partial charge in [0.25, 0.3) is 0 Å². The quantitative estimate of drug-likeness (QED) is 0.783. The highest BCUT2D eigenvalue weighted by Crippen LogP contribution is 2.35. The molecule has 2 atom stereocenters. The number of aliphatic imine (C=N–C) groups is 1. The number of benzene rings is 2. The maximum absolute atomic E-state index is 12.2. The Balaban J connectivity index is 1.99. The molecule has 0 bridgehead atoms. The highest BCUT2D eigenvalue weighted by Gasteiger charge is 2.39. The highest BCUT2D eigenvalue weighted by atomic mass is 16.5. The number of carbonyl (C=O) groups excluding carboxylic acids is 1. The summed E-state index contributed by atoms with van der Waals surface area (Å²) in [6.07, 6.45) is -0.595. The van der Waals surface area contributed by atoms with E-state index in [1.54, 1.807) is 14.2 Å². The van der Waals surface area contributed by atoms with Gasteiger partial charge in [-0.1, -0.05) is 24.3 Å². The van der Waals surface area contributed by atoms with E-state index in [9.17, 15) is 4.79 Å². The van der Waals surface area contributed by atoms with E-state index in [1.807, 2.05) is 48.5 Å². The van der Waals surface area contributed by atoms with Gasteiger partial charge >= 0.3 is 5.97 Å². The largest absolute Gasteiger partial charge is 0.497 e. The van der Waals surface area contributed by atoms with Gasteiger partial charge in [0.15, 0.2) is 12.1 Å². The van der Waals surface area contributed by atoms with Crippen LogP contribution in [0.15, 0.2) is 53.5 Å². The van der Waals surface area contributed by atoms with Gasteiger partial charge in [0.2, 0.25) is 5.90 Å². The van der Waals surface area contributed by atoms with Crippen LogP contribution in [0.25, 0.3) is 0 Å². The van der Waals surface area contributed by atoms with Gasteiger partial charge < -0.3 is 18.9 Å². The minimum absolute atomic E-state index is 0.348. The number of ether oxygens (including phenoxy) is 4. The first-order valence-corrected chi connectivity index (χ1v) is 7.77. The smallest absolute Gasteiger partial charge is 0.335 e. The third-order valence-corrected chi connectivity index (χ3v) is 3.98. The van der Waals surface area contributed by atoms with Crippen LogP contribution < -0.4 is 9.47 Å². The second-order valence-corrected chi connectivity index (χ2v) is 5.42. The van der Waals surface area contributed by atoms with Crippen LogP contribution in [0.3, 0.4) is 0 Å². The first kappa shape index (κ1) is 16.8. The minimum Gasteiger partial charge on any atom is -0.497 e. The number of hydrogen-bond acceptors (Lipinski definition) is 6. The van der Waals surface area contributed by atoms with Crippen LogP contribution in [-0.2, 0) is 14.3 Å². The fourth-order valence-electron chi connectivity index (χ4n) is 2.73. The zero-order valence-electron chi connectivity index (χ0n) is 14.3. The number of carbonyl (C=O) groups is 1. The first-order valence-electron chi connectivity index (χ1n) is 7.77. The van der Waals surface area contributed by atoms with Gasteiger partial charge in [-0.05, 0) is 29.8 Å². The summed E-state index contributed by atoms with van der Waals surface area (Å²) in [7, 11) is 4.50. The maximum atomic E-state index is 12.2. The van der Waals surface area contributed by atoms with Crippen molar-refractivity contribution in [2.24, 2.45) is 4.99 Å². The molecular formula is C19H19NO5. The molecule has 0 amide bonds. The zero-order valence-corrected chi connectivity index (χ0v) is 14.3. The molecule has 6 nitrogen and oxygen atoms in total. The van der Waals surface area contributed by atoms with E-state index in [1.165, 1.54) is 7.11 Å². The molecule has 2 aromatic rings. The average Bonchev–Trinajstić information content (AvgIpc) is 3.12. The van der Waals surface area contributed by atoms with Gasteiger partial charge in [-0.3, -0.25) is 0 Å². The molecule has 0 saturated heterocycles. The van der Waals surface area contributed by atoms with E-state index < -0.39 is 18.1 Å². The lowest BCUT2D eigenvalue weighted by atomic mass is 10.0. The number of methoxy groups -OCH3 is 3. The number of hydrogen-bond donors (Lipinski definition) is 0. The molecule has 0 saturated carbocycles. The molecule has 0 spiro atoms. The Morgan fingerprint density at radius 3 is 2.56 bits per heavy atom. The Bertz CT molecular complexity index is 802. The van der Waals surface area contributed by atoms with E-state index >= 15 is 0 Å². The SMILES string of the molecule is COC(=O)[C@@H]1N=C(c2ccccc2OC)O[C@H]1c1cccc(OC)c1. The van der Waals surface area contributed by atoms with Crippen molar-refractivity contribution < 1.29 is 23.7 Å². The number of para-hydroxylation sites is 1. The van der Waals surface area contributed by atoms with Crippen LogP contribution in [0.5, 0.6) is 11.5 Å². The summed E-state index contributed by atoms with van der Waals surface area (Å²) in [4.78, 5) is 16.7. The summed E-state index contributed by atoms with van der Waals surface area (Å²) in [5.74, 6) is 1.19. The fraction of sp³-hybridized carbons (Fsp3) is 0.263. The Morgan fingerprint density at radius 2 is 1.84 bits per heavy atom. The lowest BCUT2D eigenvalue weighted by Crippen LogP contribution is -2.25. The zero-order chi connectivity index (χ0) is 17.8. The fourth-order valence-corrected chi connectivity index (χ4v) is 2.73. The summed E-state index contributed by atoms with van der Waals surface area (Å²) in [5.41, 5.74) is 1.47. The van der Waals surface area contributed by atoms with Crippen molar-refractivity contribution in [1.82, 2.24) is 0 Å². The van der Waals surface area contributed by atoms with Gasteiger partial charge in [-0.25, -0.2) is 9.79 Å². The third kappa shape index (κ3) is 3.28. The summed E-state index contributed by atoms with van der Waals surface area (Å²) in [6, 6.07) is 13.9. The Kier molecular flexibility index (Phi) is 4.88. The molecule has 25 heavy (non-hydrogen) atoms.